The quantitative estimate of drug-likeness (QED) is 0.616. The molecule has 0 saturated carbocycles. The van der Waals surface area contributed by atoms with E-state index in [-0.39, 0.29) is 0 Å². The molecule has 0 radical (unpaired) electrons. The highest BCUT2D eigenvalue weighted by atomic mass is 19.3. The lowest BCUT2D eigenvalue weighted by molar-refractivity contribution is 0.0149. The van der Waals surface area contributed by atoms with E-state index < -0.39 is 12.5 Å². The zero-order chi connectivity index (χ0) is 8.27. The molecule has 1 aliphatic rings. The molecule has 3 heteroatoms. The fourth-order valence-electron chi connectivity index (χ4n) is 1.29. The van der Waals surface area contributed by atoms with E-state index in [0.29, 0.717) is 12.0 Å². The van der Waals surface area contributed by atoms with E-state index in [9.17, 15) is 8.78 Å². The molecule has 1 atom stereocenters. The third-order valence-corrected chi connectivity index (χ3v) is 1.94. The van der Waals surface area contributed by atoms with Crippen LogP contribution in [0.25, 0.3) is 0 Å². The van der Waals surface area contributed by atoms with Crippen molar-refractivity contribution in [3.8, 4) is 0 Å². The minimum atomic E-state index is -2.63. The number of hydrogen-bond acceptors (Lipinski definition) is 1. The summed E-state index contributed by atoms with van der Waals surface area (Å²) < 4.78 is 23.8. The minimum absolute atomic E-state index is 0.520. The van der Waals surface area contributed by atoms with Crippen LogP contribution in [0.3, 0.4) is 0 Å². The molecular formula is C8H12F2O. The van der Waals surface area contributed by atoms with E-state index in [2.05, 4.69) is 0 Å². The van der Waals surface area contributed by atoms with Gasteiger partial charge >= 0.3 is 0 Å². The van der Waals surface area contributed by atoms with Crippen LogP contribution in [0.15, 0.2) is 11.6 Å². The SMILES string of the molecule is OC(C1=CCCCC1)C(F)F. The minimum Gasteiger partial charge on any atom is -0.383 e. The van der Waals surface area contributed by atoms with Gasteiger partial charge in [-0.15, -0.1) is 0 Å². The molecule has 1 rings (SSSR count). The maximum atomic E-state index is 11.9. The summed E-state index contributed by atoms with van der Waals surface area (Å²) in [5.41, 5.74) is 0.520. The Hall–Kier alpha value is -0.440. The van der Waals surface area contributed by atoms with E-state index in [4.69, 9.17) is 5.11 Å². The molecule has 0 aromatic heterocycles. The van der Waals surface area contributed by atoms with Crippen molar-refractivity contribution in [3.05, 3.63) is 11.6 Å². The summed E-state index contributed by atoms with van der Waals surface area (Å²) in [5.74, 6) is 0. The van der Waals surface area contributed by atoms with Crippen LogP contribution in [-0.4, -0.2) is 17.6 Å². The molecular weight excluding hydrogens is 150 g/mol. The average Bonchev–Trinajstić information content (AvgIpc) is 2.05. The van der Waals surface area contributed by atoms with Crippen LogP contribution in [0.4, 0.5) is 8.78 Å². The van der Waals surface area contributed by atoms with Gasteiger partial charge in [0.1, 0.15) is 6.10 Å². The van der Waals surface area contributed by atoms with Gasteiger partial charge in [0.15, 0.2) is 0 Å². The lowest BCUT2D eigenvalue weighted by Crippen LogP contribution is -2.21. The normalized spacial score (nSPS) is 21.6. The summed E-state index contributed by atoms with van der Waals surface area (Å²) in [6, 6.07) is 0. The Morgan fingerprint density at radius 2 is 2.09 bits per heavy atom. The molecule has 0 spiro atoms. The largest absolute Gasteiger partial charge is 0.383 e. The van der Waals surface area contributed by atoms with Gasteiger partial charge in [0.25, 0.3) is 6.43 Å². The second-order valence-corrected chi connectivity index (χ2v) is 2.80. The second-order valence-electron chi connectivity index (χ2n) is 2.80. The van der Waals surface area contributed by atoms with Crippen LogP contribution >= 0.6 is 0 Å². The molecule has 1 unspecified atom stereocenters. The zero-order valence-electron chi connectivity index (χ0n) is 6.26. The molecule has 0 amide bonds. The second kappa shape index (κ2) is 3.81. The Bertz CT molecular complexity index is 154. The lowest BCUT2D eigenvalue weighted by atomic mass is 9.96. The molecule has 0 saturated heterocycles. The first-order valence-corrected chi connectivity index (χ1v) is 3.87. The number of hydrogen-bond donors (Lipinski definition) is 1. The zero-order valence-corrected chi connectivity index (χ0v) is 6.26. The molecule has 1 aliphatic carbocycles. The van der Waals surface area contributed by atoms with Gasteiger partial charge in [-0.25, -0.2) is 8.78 Å². The molecule has 1 N–H and O–H groups in total. The molecule has 64 valence electrons. The van der Waals surface area contributed by atoms with Crippen LogP contribution in [0, 0.1) is 0 Å². The first-order valence-electron chi connectivity index (χ1n) is 3.87. The molecule has 0 heterocycles. The molecule has 0 aromatic carbocycles. The maximum Gasteiger partial charge on any atom is 0.267 e. The molecule has 0 fully saturated rings. The average molecular weight is 162 g/mol. The Kier molecular flexibility index (Phi) is 3.00. The molecule has 11 heavy (non-hydrogen) atoms. The fourth-order valence-corrected chi connectivity index (χ4v) is 1.29. The molecule has 0 aliphatic heterocycles. The van der Waals surface area contributed by atoms with E-state index >= 15 is 0 Å². The molecule has 1 nitrogen and oxygen atoms in total. The lowest BCUT2D eigenvalue weighted by Gasteiger charge is -2.17. The summed E-state index contributed by atoms with van der Waals surface area (Å²) in [6.45, 7) is 0. The van der Waals surface area contributed by atoms with E-state index in [1.54, 1.807) is 6.08 Å². The number of allylic oxidation sites excluding steroid dienone is 1. The van der Waals surface area contributed by atoms with Gasteiger partial charge in [-0.3, -0.25) is 0 Å². The third-order valence-electron chi connectivity index (χ3n) is 1.94. The van der Waals surface area contributed by atoms with Crippen LogP contribution in [0.1, 0.15) is 25.7 Å². The number of rotatable bonds is 2. The van der Waals surface area contributed by atoms with Crippen molar-refractivity contribution in [3.63, 3.8) is 0 Å². The van der Waals surface area contributed by atoms with Gasteiger partial charge < -0.3 is 5.11 Å². The van der Waals surface area contributed by atoms with Gasteiger partial charge in [-0.05, 0) is 31.3 Å². The Labute approximate surface area is 64.7 Å². The maximum absolute atomic E-state index is 11.9. The predicted octanol–water partition coefficient (Wildman–Crippen LogP) is 2.11. The smallest absolute Gasteiger partial charge is 0.267 e. The highest BCUT2D eigenvalue weighted by Crippen LogP contribution is 2.23. The number of aliphatic hydroxyl groups excluding tert-OH is 1. The highest BCUT2D eigenvalue weighted by Gasteiger charge is 2.21. The van der Waals surface area contributed by atoms with Gasteiger partial charge in [0, 0.05) is 0 Å². The summed E-state index contributed by atoms with van der Waals surface area (Å²) >= 11 is 0. The highest BCUT2D eigenvalue weighted by molar-refractivity contribution is 5.11. The summed E-state index contributed by atoms with van der Waals surface area (Å²) in [5, 5.41) is 8.93. The van der Waals surface area contributed by atoms with E-state index in [1.165, 1.54) is 0 Å². The first-order chi connectivity index (χ1) is 5.22. The Morgan fingerprint density at radius 3 is 2.55 bits per heavy atom. The fraction of sp³-hybridized carbons (Fsp3) is 0.750. The van der Waals surface area contributed by atoms with Crippen LogP contribution in [0.5, 0.6) is 0 Å². The standard InChI is InChI=1S/C8H12F2O/c9-8(10)7(11)6-4-2-1-3-5-6/h4,7-8,11H,1-3,5H2. The van der Waals surface area contributed by atoms with Crippen molar-refractivity contribution in [2.45, 2.75) is 38.2 Å². The van der Waals surface area contributed by atoms with Crippen LogP contribution in [-0.2, 0) is 0 Å². The van der Waals surface area contributed by atoms with Crippen molar-refractivity contribution in [2.24, 2.45) is 0 Å². The summed E-state index contributed by atoms with van der Waals surface area (Å²) in [4.78, 5) is 0. The summed E-state index contributed by atoms with van der Waals surface area (Å²) in [7, 11) is 0. The number of aliphatic hydroxyl groups is 1. The molecule has 0 aromatic rings. The predicted molar refractivity (Wildman–Crippen MR) is 38.6 cm³/mol. The van der Waals surface area contributed by atoms with Gasteiger partial charge in [0.2, 0.25) is 0 Å². The van der Waals surface area contributed by atoms with E-state index in [1.807, 2.05) is 0 Å². The van der Waals surface area contributed by atoms with Crippen molar-refractivity contribution < 1.29 is 13.9 Å². The Morgan fingerprint density at radius 1 is 1.36 bits per heavy atom. The van der Waals surface area contributed by atoms with Crippen molar-refractivity contribution >= 4 is 0 Å². The topological polar surface area (TPSA) is 20.2 Å². The summed E-state index contributed by atoms with van der Waals surface area (Å²) in [6.07, 6.45) is 1.04. The first kappa shape index (κ1) is 8.65. The van der Waals surface area contributed by atoms with Crippen molar-refractivity contribution in [1.82, 2.24) is 0 Å². The van der Waals surface area contributed by atoms with Gasteiger partial charge in [-0.1, -0.05) is 6.08 Å². The van der Waals surface area contributed by atoms with Gasteiger partial charge in [-0.2, -0.15) is 0 Å². The number of alkyl halides is 2. The monoisotopic (exact) mass is 162 g/mol. The van der Waals surface area contributed by atoms with Crippen molar-refractivity contribution in [2.75, 3.05) is 0 Å². The van der Waals surface area contributed by atoms with Gasteiger partial charge in [0.05, 0.1) is 0 Å². The molecule has 0 bridgehead atoms. The Balaban J connectivity index is 2.51. The number of halogens is 2. The van der Waals surface area contributed by atoms with Crippen LogP contribution < -0.4 is 0 Å². The third kappa shape index (κ3) is 2.26. The van der Waals surface area contributed by atoms with Crippen molar-refractivity contribution in [1.29, 1.82) is 0 Å². The van der Waals surface area contributed by atoms with E-state index in [0.717, 1.165) is 19.3 Å². The van der Waals surface area contributed by atoms with Crippen LogP contribution in [0.2, 0.25) is 0 Å².